The van der Waals surface area contributed by atoms with E-state index < -0.39 is 0 Å². The molecule has 0 atom stereocenters. The number of nitrogens with zero attached hydrogens (tertiary/aromatic N) is 4. The summed E-state index contributed by atoms with van der Waals surface area (Å²) in [5, 5.41) is 15.4. The standard InChI is InChI=1S/C20H21N5OS2/c1-20(2,3)18-22-15-9-5-4-8-14(15)17-23-24-19(25(17)18)28-12-16(26)21-11-13-7-6-10-27-13/h4-10H,11-12H2,1-3H3,(H,21,26). The molecule has 28 heavy (non-hydrogen) atoms. The summed E-state index contributed by atoms with van der Waals surface area (Å²) in [6, 6.07) is 11.9. The molecule has 144 valence electrons. The molecule has 8 heteroatoms. The number of carbonyl (C=O) groups excluding carboxylic acids is 1. The maximum Gasteiger partial charge on any atom is 0.230 e. The fraction of sp³-hybridized carbons (Fsp3) is 0.300. The average Bonchev–Trinajstić information content (AvgIpc) is 3.33. The van der Waals surface area contributed by atoms with Crippen LogP contribution in [0.2, 0.25) is 0 Å². The van der Waals surface area contributed by atoms with Gasteiger partial charge in [0.25, 0.3) is 0 Å². The van der Waals surface area contributed by atoms with Crippen LogP contribution in [0.25, 0.3) is 16.6 Å². The monoisotopic (exact) mass is 411 g/mol. The molecule has 1 N–H and O–H groups in total. The number of hydrogen-bond donors (Lipinski definition) is 1. The van der Waals surface area contributed by atoms with E-state index in [1.807, 2.05) is 46.2 Å². The maximum atomic E-state index is 12.3. The topological polar surface area (TPSA) is 72.2 Å². The van der Waals surface area contributed by atoms with Crippen molar-refractivity contribution in [2.45, 2.75) is 37.9 Å². The molecule has 0 bridgehead atoms. The highest BCUT2D eigenvalue weighted by Gasteiger charge is 2.24. The Morgan fingerprint density at radius 1 is 1.18 bits per heavy atom. The Labute approximate surface area is 171 Å². The van der Waals surface area contributed by atoms with Gasteiger partial charge in [0.2, 0.25) is 5.91 Å². The number of carbonyl (C=O) groups is 1. The van der Waals surface area contributed by atoms with Crippen LogP contribution in [0.3, 0.4) is 0 Å². The van der Waals surface area contributed by atoms with E-state index in [9.17, 15) is 4.79 Å². The summed E-state index contributed by atoms with van der Waals surface area (Å²) < 4.78 is 1.99. The number of aromatic nitrogens is 4. The maximum absolute atomic E-state index is 12.3. The van der Waals surface area contributed by atoms with Gasteiger partial charge >= 0.3 is 0 Å². The predicted octanol–water partition coefficient (Wildman–Crippen LogP) is 4.05. The largest absolute Gasteiger partial charge is 0.350 e. The second-order valence-electron chi connectivity index (χ2n) is 7.49. The molecule has 6 nitrogen and oxygen atoms in total. The number of thioether (sulfide) groups is 1. The molecular weight excluding hydrogens is 390 g/mol. The molecule has 4 aromatic rings. The first-order valence-corrected chi connectivity index (χ1v) is 10.9. The number of thiophene rings is 1. The summed E-state index contributed by atoms with van der Waals surface area (Å²) in [4.78, 5) is 18.3. The highest BCUT2D eigenvalue weighted by atomic mass is 32.2. The Kier molecular flexibility index (Phi) is 5.07. The molecule has 0 fully saturated rings. The Hall–Kier alpha value is -2.45. The van der Waals surface area contributed by atoms with Gasteiger partial charge in [0.05, 0.1) is 17.8 Å². The molecule has 0 aliphatic carbocycles. The van der Waals surface area contributed by atoms with Crippen LogP contribution in [-0.2, 0) is 16.8 Å². The molecule has 1 amide bonds. The van der Waals surface area contributed by atoms with Crippen LogP contribution >= 0.6 is 23.1 Å². The minimum Gasteiger partial charge on any atom is -0.350 e. The second kappa shape index (κ2) is 7.52. The Morgan fingerprint density at radius 2 is 2.00 bits per heavy atom. The third kappa shape index (κ3) is 3.74. The van der Waals surface area contributed by atoms with Crippen molar-refractivity contribution < 1.29 is 4.79 Å². The molecule has 3 aromatic heterocycles. The van der Waals surface area contributed by atoms with Gasteiger partial charge in [0, 0.05) is 15.7 Å². The number of fused-ring (bicyclic) bond motifs is 3. The summed E-state index contributed by atoms with van der Waals surface area (Å²) in [6.07, 6.45) is 0. The van der Waals surface area contributed by atoms with Crippen molar-refractivity contribution in [1.82, 2.24) is 24.9 Å². The lowest BCUT2D eigenvalue weighted by molar-refractivity contribution is -0.118. The van der Waals surface area contributed by atoms with Crippen LogP contribution in [-0.4, -0.2) is 31.2 Å². The summed E-state index contributed by atoms with van der Waals surface area (Å²) >= 11 is 3.01. The normalized spacial score (nSPS) is 12.0. The molecule has 0 aliphatic rings. The fourth-order valence-corrected chi connectivity index (χ4v) is 4.34. The minimum atomic E-state index is -0.193. The quantitative estimate of drug-likeness (QED) is 0.502. The molecular formula is C20H21N5OS2. The van der Waals surface area contributed by atoms with Gasteiger partial charge in [0.1, 0.15) is 5.82 Å². The number of nitrogens with one attached hydrogen (secondary N) is 1. The average molecular weight is 412 g/mol. The van der Waals surface area contributed by atoms with Gasteiger partial charge in [0.15, 0.2) is 10.8 Å². The molecule has 0 spiro atoms. The molecule has 0 radical (unpaired) electrons. The highest BCUT2D eigenvalue weighted by molar-refractivity contribution is 7.99. The third-order valence-corrected chi connectivity index (χ3v) is 6.06. The van der Waals surface area contributed by atoms with Crippen molar-refractivity contribution in [3.63, 3.8) is 0 Å². The van der Waals surface area contributed by atoms with E-state index >= 15 is 0 Å². The number of amides is 1. The molecule has 1 aromatic carbocycles. The first kappa shape index (κ1) is 18.9. The lowest BCUT2D eigenvalue weighted by Gasteiger charge is -2.20. The molecule has 0 unspecified atom stereocenters. The van der Waals surface area contributed by atoms with E-state index in [2.05, 4.69) is 36.3 Å². The van der Waals surface area contributed by atoms with Gasteiger partial charge in [-0.05, 0) is 23.6 Å². The Bertz CT molecular complexity index is 1130. The van der Waals surface area contributed by atoms with Gasteiger partial charge in [-0.1, -0.05) is 50.7 Å². The van der Waals surface area contributed by atoms with Crippen LogP contribution in [0, 0.1) is 0 Å². The van der Waals surface area contributed by atoms with Crippen molar-refractivity contribution in [2.24, 2.45) is 0 Å². The molecule has 0 aliphatic heterocycles. The minimum absolute atomic E-state index is 0.0267. The summed E-state index contributed by atoms with van der Waals surface area (Å²) in [5.41, 5.74) is 1.48. The van der Waals surface area contributed by atoms with E-state index in [-0.39, 0.29) is 17.1 Å². The Morgan fingerprint density at radius 3 is 2.75 bits per heavy atom. The first-order chi connectivity index (χ1) is 13.4. The molecule has 0 saturated carbocycles. The number of benzene rings is 1. The van der Waals surface area contributed by atoms with Crippen LogP contribution in [0.15, 0.2) is 46.9 Å². The molecule has 3 heterocycles. The molecule has 4 rings (SSSR count). The lowest BCUT2D eigenvalue weighted by Crippen LogP contribution is -2.24. The van der Waals surface area contributed by atoms with E-state index in [4.69, 9.17) is 4.98 Å². The number of hydrogen-bond acceptors (Lipinski definition) is 6. The zero-order chi connectivity index (χ0) is 19.7. The predicted molar refractivity (Wildman–Crippen MR) is 114 cm³/mol. The van der Waals surface area contributed by atoms with E-state index in [0.29, 0.717) is 11.7 Å². The van der Waals surface area contributed by atoms with Gasteiger partial charge in [-0.25, -0.2) is 4.98 Å². The van der Waals surface area contributed by atoms with Crippen LogP contribution in [0.1, 0.15) is 31.5 Å². The number of para-hydroxylation sites is 1. The first-order valence-electron chi connectivity index (χ1n) is 9.00. The summed E-state index contributed by atoms with van der Waals surface area (Å²) in [6.45, 7) is 6.90. The van der Waals surface area contributed by atoms with Crippen molar-refractivity contribution in [1.29, 1.82) is 0 Å². The molecule has 0 saturated heterocycles. The third-order valence-electron chi connectivity index (χ3n) is 4.26. The number of rotatable bonds is 5. The zero-order valence-electron chi connectivity index (χ0n) is 16.0. The van der Waals surface area contributed by atoms with Crippen molar-refractivity contribution in [2.75, 3.05) is 5.75 Å². The van der Waals surface area contributed by atoms with E-state index in [0.717, 1.165) is 27.3 Å². The van der Waals surface area contributed by atoms with Gasteiger partial charge in [-0.3, -0.25) is 9.20 Å². The fourth-order valence-electron chi connectivity index (χ4n) is 2.94. The smallest absolute Gasteiger partial charge is 0.230 e. The highest BCUT2D eigenvalue weighted by Crippen LogP contribution is 2.29. The van der Waals surface area contributed by atoms with Gasteiger partial charge in [-0.2, -0.15) is 0 Å². The van der Waals surface area contributed by atoms with Crippen molar-refractivity contribution in [3.05, 3.63) is 52.5 Å². The van der Waals surface area contributed by atoms with Gasteiger partial charge < -0.3 is 5.32 Å². The van der Waals surface area contributed by atoms with Gasteiger partial charge in [-0.15, -0.1) is 21.5 Å². The summed E-state index contributed by atoms with van der Waals surface area (Å²) in [7, 11) is 0. The Balaban J connectivity index is 1.62. The second-order valence-corrected chi connectivity index (χ2v) is 9.46. The van der Waals surface area contributed by atoms with E-state index in [1.165, 1.54) is 11.8 Å². The van der Waals surface area contributed by atoms with Crippen molar-refractivity contribution in [3.8, 4) is 0 Å². The SMILES string of the molecule is CC(C)(C)c1nc2ccccc2c2nnc(SCC(=O)NCc3cccs3)n12. The van der Waals surface area contributed by atoms with Crippen LogP contribution < -0.4 is 5.32 Å². The van der Waals surface area contributed by atoms with E-state index in [1.54, 1.807) is 11.3 Å². The summed E-state index contributed by atoms with van der Waals surface area (Å²) in [5.74, 6) is 1.14. The lowest BCUT2D eigenvalue weighted by atomic mass is 9.95. The zero-order valence-corrected chi connectivity index (χ0v) is 17.6. The van der Waals surface area contributed by atoms with Crippen LogP contribution in [0.4, 0.5) is 0 Å². The van der Waals surface area contributed by atoms with Crippen molar-refractivity contribution >= 4 is 45.6 Å². The van der Waals surface area contributed by atoms with Crippen LogP contribution in [0.5, 0.6) is 0 Å².